The molecule has 216 valence electrons. The summed E-state index contributed by atoms with van der Waals surface area (Å²) in [4.78, 5) is 43.6. The summed E-state index contributed by atoms with van der Waals surface area (Å²) in [5.74, 6) is -0.892. The first-order valence-electron chi connectivity index (χ1n) is 13.0. The molecule has 0 aliphatic carbocycles. The lowest BCUT2D eigenvalue weighted by Crippen LogP contribution is -2.48. The van der Waals surface area contributed by atoms with Gasteiger partial charge in [-0.15, -0.1) is 0 Å². The minimum atomic E-state index is -3.99. The van der Waals surface area contributed by atoms with E-state index in [-0.39, 0.29) is 30.1 Å². The van der Waals surface area contributed by atoms with E-state index >= 15 is 0 Å². The van der Waals surface area contributed by atoms with Gasteiger partial charge < -0.3 is 20.3 Å². The van der Waals surface area contributed by atoms with E-state index in [2.05, 4.69) is 15.7 Å². The number of anilines is 2. The summed E-state index contributed by atoms with van der Waals surface area (Å²) in [6.45, 7) is 6.60. The Morgan fingerprint density at radius 2 is 2.05 bits per heavy atom. The van der Waals surface area contributed by atoms with Gasteiger partial charge in [0, 0.05) is 30.4 Å². The van der Waals surface area contributed by atoms with Crippen LogP contribution in [0.2, 0.25) is 0 Å². The number of carbonyl (C=O) groups excluding carboxylic acids is 3. The Balaban J connectivity index is 1.33. The maximum atomic E-state index is 12.8. The number of hydrogen-bond donors (Lipinski definition) is 2. The van der Waals surface area contributed by atoms with Crippen LogP contribution in [-0.2, 0) is 26.0 Å². The van der Waals surface area contributed by atoms with Crippen molar-refractivity contribution in [1.29, 1.82) is 0 Å². The Labute approximate surface area is 241 Å². The molecule has 0 radical (unpaired) electrons. The highest BCUT2D eigenvalue weighted by Gasteiger charge is 2.35. The monoisotopic (exact) mass is 598 g/mol. The van der Waals surface area contributed by atoms with Crippen LogP contribution in [0.5, 0.6) is 5.75 Å². The van der Waals surface area contributed by atoms with Gasteiger partial charge in [-0.1, -0.05) is 23.5 Å². The molecule has 0 spiro atoms. The number of ether oxygens (including phenoxy) is 1. The summed E-state index contributed by atoms with van der Waals surface area (Å²) >= 11 is 1.33. The molecular formula is C27H30N6O6S2. The predicted molar refractivity (Wildman–Crippen MR) is 154 cm³/mol. The first-order valence-corrected chi connectivity index (χ1v) is 15.5. The van der Waals surface area contributed by atoms with Crippen LogP contribution in [0.15, 0.2) is 42.7 Å². The Bertz CT molecular complexity index is 1660. The molecule has 0 saturated carbocycles. The zero-order valence-electron chi connectivity index (χ0n) is 22.8. The van der Waals surface area contributed by atoms with Crippen molar-refractivity contribution < 1.29 is 27.5 Å². The molecule has 0 unspecified atom stereocenters. The average molecular weight is 599 g/mol. The molecule has 2 N–H and O–H groups in total. The van der Waals surface area contributed by atoms with Crippen LogP contribution < -0.4 is 20.3 Å². The number of fused-ring (bicyclic) bond motifs is 2. The zero-order chi connectivity index (χ0) is 29.4. The molecule has 5 rings (SSSR count). The lowest BCUT2D eigenvalue weighted by molar-refractivity contribution is -0.123. The third-order valence-corrected chi connectivity index (χ3v) is 8.99. The van der Waals surface area contributed by atoms with E-state index in [1.807, 2.05) is 30.9 Å². The number of carbonyl (C=O) groups is 3. The van der Waals surface area contributed by atoms with Gasteiger partial charge in [0.2, 0.25) is 5.91 Å². The highest BCUT2D eigenvalue weighted by atomic mass is 32.2. The molecule has 2 aromatic heterocycles. The quantitative estimate of drug-likeness (QED) is 0.354. The third kappa shape index (κ3) is 6.17. The van der Waals surface area contributed by atoms with Crippen molar-refractivity contribution in [1.82, 2.24) is 24.8 Å². The van der Waals surface area contributed by atoms with E-state index in [1.54, 1.807) is 19.1 Å². The topological polar surface area (TPSA) is 153 Å². The third-order valence-electron chi connectivity index (χ3n) is 6.59. The van der Waals surface area contributed by atoms with Gasteiger partial charge in [-0.05, 0) is 44.5 Å². The minimum absolute atomic E-state index is 0.00397. The van der Waals surface area contributed by atoms with Crippen LogP contribution >= 0.6 is 11.3 Å². The number of allylic oxidation sites excluding steroid dienone is 2. The number of hydrogen-bond acceptors (Lipinski definition) is 10. The molecule has 0 saturated heterocycles. The van der Waals surface area contributed by atoms with Crippen molar-refractivity contribution in [2.24, 2.45) is 0 Å². The number of amides is 2. The second kappa shape index (κ2) is 11.1. The maximum Gasteiger partial charge on any atom is 0.271 e. The first-order chi connectivity index (χ1) is 19.5. The molecule has 2 aliphatic rings. The Kier molecular flexibility index (Phi) is 7.70. The molecule has 41 heavy (non-hydrogen) atoms. The highest BCUT2D eigenvalue weighted by Crippen LogP contribution is 2.42. The summed E-state index contributed by atoms with van der Waals surface area (Å²) in [5, 5.41) is 10.1. The fourth-order valence-electron chi connectivity index (χ4n) is 4.61. The van der Waals surface area contributed by atoms with Gasteiger partial charge in [0.15, 0.2) is 10.9 Å². The zero-order valence-corrected chi connectivity index (χ0v) is 24.5. The number of nitrogens with zero attached hydrogens (tertiary/aromatic N) is 4. The second-order valence-corrected chi connectivity index (χ2v) is 13.2. The fraction of sp³-hybridized carbons (Fsp3) is 0.370. The maximum absolute atomic E-state index is 12.8. The molecule has 0 fully saturated rings. The van der Waals surface area contributed by atoms with Gasteiger partial charge in [-0.25, -0.2) is 13.4 Å². The molecule has 1 aromatic carbocycles. The van der Waals surface area contributed by atoms with E-state index in [0.29, 0.717) is 46.5 Å². The van der Waals surface area contributed by atoms with E-state index in [9.17, 15) is 22.8 Å². The van der Waals surface area contributed by atoms with Gasteiger partial charge in [0.05, 0.1) is 30.3 Å². The summed E-state index contributed by atoms with van der Waals surface area (Å²) in [6, 6.07) is 5.49. The van der Waals surface area contributed by atoms with E-state index in [1.165, 1.54) is 29.8 Å². The van der Waals surface area contributed by atoms with Crippen molar-refractivity contribution in [3.63, 3.8) is 0 Å². The molecule has 3 aromatic rings. The molecule has 0 bridgehead atoms. The molecule has 12 nitrogen and oxygen atoms in total. The Morgan fingerprint density at radius 3 is 2.83 bits per heavy atom. The number of benzene rings is 1. The van der Waals surface area contributed by atoms with Gasteiger partial charge in [-0.2, -0.15) is 9.19 Å². The lowest BCUT2D eigenvalue weighted by atomic mass is 9.94. The van der Waals surface area contributed by atoms with Crippen LogP contribution in [0.4, 0.5) is 10.8 Å². The minimum Gasteiger partial charge on any atom is -0.490 e. The number of nitrogens with one attached hydrogen (secondary N) is 2. The van der Waals surface area contributed by atoms with Crippen molar-refractivity contribution in [3.05, 3.63) is 53.3 Å². The molecule has 14 heteroatoms. The number of ketones is 1. The summed E-state index contributed by atoms with van der Waals surface area (Å²) in [5.41, 5.74) is 2.39. The van der Waals surface area contributed by atoms with Crippen molar-refractivity contribution in [2.75, 3.05) is 23.9 Å². The predicted octanol–water partition coefficient (Wildman–Crippen LogP) is 2.78. The molecular weight excluding hydrogens is 568 g/mol. The number of rotatable bonds is 9. The van der Waals surface area contributed by atoms with E-state index in [4.69, 9.17) is 9.72 Å². The SMILES string of the molecule is C/C=C/C(=O)CCC(=O)NCS(=O)(=O)n1cc(-c2ccc3c(c2)N(c2nc4c(s2)C(=O)NC(C)(C)C4)CCO3)cn1. The van der Waals surface area contributed by atoms with Crippen LogP contribution in [-0.4, -0.2) is 64.8 Å². The lowest BCUT2D eigenvalue weighted by Gasteiger charge is -2.29. The normalized spacial score (nSPS) is 16.1. The first kappa shape index (κ1) is 28.5. The van der Waals surface area contributed by atoms with Crippen LogP contribution in [0.3, 0.4) is 0 Å². The van der Waals surface area contributed by atoms with Crippen LogP contribution in [0.25, 0.3) is 11.1 Å². The second-order valence-electron chi connectivity index (χ2n) is 10.4. The van der Waals surface area contributed by atoms with Crippen LogP contribution in [0, 0.1) is 0 Å². The fourth-order valence-corrected chi connectivity index (χ4v) is 6.57. The van der Waals surface area contributed by atoms with Gasteiger partial charge in [0.25, 0.3) is 15.9 Å². The van der Waals surface area contributed by atoms with Gasteiger partial charge >= 0.3 is 0 Å². The summed E-state index contributed by atoms with van der Waals surface area (Å²) in [7, 11) is -3.99. The Morgan fingerprint density at radius 1 is 1.24 bits per heavy atom. The van der Waals surface area contributed by atoms with Crippen molar-refractivity contribution >= 4 is 49.8 Å². The summed E-state index contributed by atoms with van der Waals surface area (Å²) in [6.07, 6.45) is 6.27. The van der Waals surface area contributed by atoms with E-state index in [0.717, 1.165) is 15.5 Å². The summed E-state index contributed by atoms with van der Waals surface area (Å²) < 4.78 is 32.3. The van der Waals surface area contributed by atoms with Gasteiger partial charge in [0.1, 0.15) is 23.1 Å². The van der Waals surface area contributed by atoms with Crippen molar-refractivity contribution in [2.45, 2.75) is 45.6 Å². The molecule has 2 amide bonds. The molecule has 4 heterocycles. The Hall–Kier alpha value is -4.04. The molecule has 2 aliphatic heterocycles. The number of aromatic nitrogens is 3. The molecule has 0 atom stereocenters. The van der Waals surface area contributed by atoms with Crippen molar-refractivity contribution in [3.8, 4) is 16.9 Å². The van der Waals surface area contributed by atoms with Gasteiger partial charge in [-0.3, -0.25) is 14.4 Å². The standard InChI is InChI=1S/C27H30N6O6S2/c1-4-5-19(34)7-9-23(35)28-16-41(37,38)33-15-18(14-29-33)17-6-8-22-21(12-17)32(10-11-39-22)26-30-20-13-27(2,3)31-25(36)24(20)40-26/h4-6,8,12,14-15H,7,9-11,13,16H2,1-3H3,(H,28,35)(H,31,36)/b5-4+. The average Bonchev–Trinajstić information content (AvgIpc) is 3.58. The van der Waals surface area contributed by atoms with Crippen LogP contribution in [0.1, 0.15) is 49.0 Å². The van der Waals surface area contributed by atoms with E-state index < -0.39 is 21.8 Å². The largest absolute Gasteiger partial charge is 0.490 e. The highest BCUT2D eigenvalue weighted by molar-refractivity contribution is 7.89. The smallest absolute Gasteiger partial charge is 0.271 e. The number of thiazole rings is 1.